The van der Waals surface area contributed by atoms with Crippen LogP contribution in [0.1, 0.15) is 37.7 Å². The van der Waals surface area contributed by atoms with Crippen LogP contribution in [0.5, 0.6) is 0 Å². The molecule has 0 bridgehead atoms. The van der Waals surface area contributed by atoms with Crippen LogP contribution in [0.2, 0.25) is 0 Å². The summed E-state index contributed by atoms with van der Waals surface area (Å²) in [7, 11) is 0. The van der Waals surface area contributed by atoms with Gasteiger partial charge in [0.1, 0.15) is 0 Å². The van der Waals surface area contributed by atoms with Gasteiger partial charge in [-0.2, -0.15) is 0 Å². The first-order valence-corrected chi connectivity index (χ1v) is 7.75. The molecule has 0 N–H and O–H groups in total. The molecule has 104 valence electrons. The van der Waals surface area contributed by atoms with E-state index in [-0.39, 0.29) is 0 Å². The predicted octanol–water partition coefficient (Wildman–Crippen LogP) is 3.22. The maximum absolute atomic E-state index is 5.49. The summed E-state index contributed by atoms with van der Waals surface area (Å²) in [5.74, 6) is 0. The molecule has 1 saturated carbocycles. The average molecular weight is 259 g/mol. The number of nitrogens with zero attached hydrogens (tertiary/aromatic N) is 1. The third-order valence-electron chi connectivity index (χ3n) is 4.83. The van der Waals surface area contributed by atoms with Gasteiger partial charge >= 0.3 is 0 Å². The summed E-state index contributed by atoms with van der Waals surface area (Å²) in [5.41, 5.74) is 1.96. The van der Waals surface area contributed by atoms with E-state index in [4.69, 9.17) is 4.74 Å². The summed E-state index contributed by atoms with van der Waals surface area (Å²) >= 11 is 0. The smallest absolute Gasteiger partial charge is 0.0594 e. The van der Waals surface area contributed by atoms with Gasteiger partial charge in [-0.15, -0.1) is 0 Å². The van der Waals surface area contributed by atoms with Crippen LogP contribution in [0.15, 0.2) is 30.3 Å². The van der Waals surface area contributed by atoms with Gasteiger partial charge in [-0.3, -0.25) is 4.90 Å². The van der Waals surface area contributed by atoms with E-state index in [2.05, 4.69) is 35.2 Å². The van der Waals surface area contributed by atoms with Crippen molar-refractivity contribution in [3.63, 3.8) is 0 Å². The SMILES string of the molecule is c1ccc(C2(CN3CCOCC3)CCCCC2)cc1. The Morgan fingerprint density at radius 2 is 1.63 bits per heavy atom. The third-order valence-corrected chi connectivity index (χ3v) is 4.83. The Morgan fingerprint density at radius 1 is 0.947 bits per heavy atom. The zero-order valence-electron chi connectivity index (χ0n) is 11.8. The molecular weight excluding hydrogens is 234 g/mol. The lowest BCUT2D eigenvalue weighted by atomic mass is 9.69. The molecule has 2 aliphatic rings. The van der Waals surface area contributed by atoms with Gasteiger partial charge in [-0.25, -0.2) is 0 Å². The van der Waals surface area contributed by atoms with Gasteiger partial charge in [0, 0.05) is 25.0 Å². The number of hydrogen-bond acceptors (Lipinski definition) is 2. The van der Waals surface area contributed by atoms with Crippen molar-refractivity contribution in [3.05, 3.63) is 35.9 Å². The van der Waals surface area contributed by atoms with E-state index in [0.717, 1.165) is 26.3 Å². The van der Waals surface area contributed by atoms with E-state index in [9.17, 15) is 0 Å². The van der Waals surface area contributed by atoms with Crippen molar-refractivity contribution < 1.29 is 4.74 Å². The lowest BCUT2D eigenvalue weighted by Gasteiger charge is -2.42. The molecule has 1 heterocycles. The maximum atomic E-state index is 5.49. The highest BCUT2D eigenvalue weighted by Gasteiger charge is 2.35. The molecule has 3 rings (SSSR count). The van der Waals surface area contributed by atoms with E-state index in [1.165, 1.54) is 38.6 Å². The van der Waals surface area contributed by atoms with Crippen LogP contribution in [-0.2, 0) is 10.2 Å². The topological polar surface area (TPSA) is 12.5 Å². The van der Waals surface area contributed by atoms with Crippen molar-refractivity contribution >= 4 is 0 Å². The standard InChI is InChI=1S/C17H25NO/c1-3-7-16(8-4-1)17(9-5-2-6-10-17)15-18-11-13-19-14-12-18/h1,3-4,7-8H,2,5-6,9-15H2. The highest BCUT2D eigenvalue weighted by atomic mass is 16.5. The molecule has 0 amide bonds. The van der Waals surface area contributed by atoms with E-state index < -0.39 is 0 Å². The molecule has 2 fully saturated rings. The molecule has 19 heavy (non-hydrogen) atoms. The minimum Gasteiger partial charge on any atom is -0.379 e. The molecule has 1 aromatic rings. The number of benzene rings is 1. The quantitative estimate of drug-likeness (QED) is 0.826. The fraction of sp³-hybridized carbons (Fsp3) is 0.647. The molecule has 2 nitrogen and oxygen atoms in total. The summed E-state index contributed by atoms with van der Waals surface area (Å²) in [6, 6.07) is 11.2. The van der Waals surface area contributed by atoms with Gasteiger partial charge in [0.25, 0.3) is 0 Å². The van der Waals surface area contributed by atoms with Crippen LogP contribution < -0.4 is 0 Å². The summed E-state index contributed by atoms with van der Waals surface area (Å²) < 4.78 is 5.49. The molecular formula is C17H25NO. The summed E-state index contributed by atoms with van der Waals surface area (Å²) in [6.45, 7) is 5.25. The summed E-state index contributed by atoms with van der Waals surface area (Å²) in [4.78, 5) is 2.61. The predicted molar refractivity (Wildman–Crippen MR) is 78.5 cm³/mol. The van der Waals surface area contributed by atoms with E-state index in [1.807, 2.05) is 0 Å². The minimum absolute atomic E-state index is 0.400. The fourth-order valence-electron chi connectivity index (χ4n) is 3.75. The van der Waals surface area contributed by atoms with Gasteiger partial charge < -0.3 is 4.74 Å². The molecule has 1 aromatic carbocycles. The largest absolute Gasteiger partial charge is 0.379 e. The van der Waals surface area contributed by atoms with Crippen LogP contribution in [0.25, 0.3) is 0 Å². The lowest BCUT2D eigenvalue weighted by molar-refractivity contribution is 0.0223. The van der Waals surface area contributed by atoms with Crippen molar-refractivity contribution in [2.24, 2.45) is 0 Å². The van der Waals surface area contributed by atoms with Gasteiger partial charge in [-0.05, 0) is 18.4 Å². The molecule has 2 heteroatoms. The van der Waals surface area contributed by atoms with Crippen LogP contribution in [0.4, 0.5) is 0 Å². The van der Waals surface area contributed by atoms with E-state index >= 15 is 0 Å². The van der Waals surface area contributed by atoms with Crippen molar-refractivity contribution in [2.75, 3.05) is 32.8 Å². The molecule has 0 radical (unpaired) electrons. The number of ether oxygens (including phenoxy) is 1. The Labute approximate surface area is 116 Å². The van der Waals surface area contributed by atoms with Crippen molar-refractivity contribution in [1.29, 1.82) is 0 Å². The molecule has 1 aliphatic carbocycles. The summed E-state index contributed by atoms with van der Waals surface area (Å²) in [5, 5.41) is 0. The molecule has 1 aliphatic heterocycles. The zero-order valence-corrected chi connectivity index (χ0v) is 11.8. The number of morpholine rings is 1. The second-order valence-electron chi connectivity index (χ2n) is 6.10. The normalized spacial score (nSPS) is 24.2. The Balaban J connectivity index is 1.79. The highest BCUT2D eigenvalue weighted by molar-refractivity contribution is 5.26. The zero-order chi connectivity index (χ0) is 13.0. The van der Waals surface area contributed by atoms with Gasteiger partial charge in [-0.1, -0.05) is 49.6 Å². The highest BCUT2D eigenvalue weighted by Crippen LogP contribution is 2.40. The van der Waals surface area contributed by atoms with Crippen molar-refractivity contribution in [1.82, 2.24) is 4.90 Å². The van der Waals surface area contributed by atoms with E-state index in [0.29, 0.717) is 5.41 Å². The Hall–Kier alpha value is -0.860. The van der Waals surface area contributed by atoms with E-state index in [1.54, 1.807) is 5.56 Å². The average Bonchev–Trinajstić information content (AvgIpc) is 2.50. The lowest BCUT2D eigenvalue weighted by Crippen LogP contribution is -2.46. The number of rotatable bonds is 3. The monoisotopic (exact) mass is 259 g/mol. The van der Waals surface area contributed by atoms with Gasteiger partial charge in [0.15, 0.2) is 0 Å². The molecule has 0 unspecified atom stereocenters. The van der Waals surface area contributed by atoms with Gasteiger partial charge in [0.05, 0.1) is 13.2 Å². The maximum Gasteiger partial charge on any atom is 0.0594 e. The molecule has 0 aromatic heterocycles. The third kappa shape index (κ3) is 3.01. The first-order chi connectivity index (χ1) is 9.39. The first kappa shape index (κ1) is 13.1. The summed E-state index contributed by atoms with van der Waals surface area (Å²) in [6.07, 6.45) is 6.90. The molecule has 1 saturated heterocycles. The minimum atomic E-state index is 0.400. The second-order valence-corrected chi connectivity index (χ2v) is 6.10. The van der Waals surface area contributed by atoms with Crippen LogP contribution in [0.3, 0.4) is 0 Å². The first-order valence-electron chi connectivity index (χ1n) is 7.75. The van der Waals surface area contributed by atoms with Crippen LogP contribution in [0, 0.1) is 0 Å². The molecule has 0 atom stereocenters. The Morgan fingerprint density at radius 3 is 2.32 bits per heavy atom. The van der Waals surface area contributed by atoms with Crippen molar-refractivity contribution in [3.8, 4) is 0 Å². The Bertz CT molecular complexity index is 378. The Kier molecular flexibility index (Phi) is 4.19. The number of hydrogen-bond donors (Lipinski definition) is 0. The second kappa shape index (κ2) is 6.06. The fourth-order valence-corrected chi connectivity index (χ4v) is 3.75. The van der Waals surface area contributed by atoms with Crippen molar-refractivity contribution in [2.45, 2.75) is 37.5 Å². The molecule has 0 spiro atoms. The van der Waals surface area contributed by atoms with Gasteiger partial charge in [0.2, 0.25) is 0 Å². The van der Waals surface area contributed by atoms with Crippen LogP contribution in [-0.4, -0.2) is 37.7 Å². The van der Waals surface area contributed by atoms with Crippen LogP contribution >= 0.6 is 0 Å².